The Hall–Kier alpha value is -0.820. The maximum absolute atomic E-state index is 11.9. The second-order valence-corrected chi connectivity index (χ2v) is 6.29. The first-order valence-corrected chi connectivity index (χ1v) is 7.47. The van der Waals surface area contributed by atoms with Gasteiger partial charge in [0.2, 0.25) is 10.0 Å². The van der Waals surface area contributed by atoms with Crippen LogP contribution in [0.2, 0.25) is 5.02 Å². The smallest absolute Gasteiger partial charge is 0.242 e. The van der Waals surface area contributed by atoms with Gasteiger partial charge in [-0.3, -0.25) is 0 Å². The van der Waals surface area contributed by atoms with Crippen LogP contribution in [0.4, 0.5) is 5.69 Å². The summed E-state index contributed by atoms with van der Waals surface area (Å²) in [6.45, 7) is 1.24. The Balaban J connectivity index is 2.38. The van der Waals surface area contributed by atoms with Crippen LogP contribution in [0.3, 0.4) is 0 Å². The van der Waals surface area contributed by atoms with Crippen LogP contribution in [0, 0.1) is 0 Å². The number of halogens is 1. The van der Waals surface area contributed by atoms with Crippen molar-refractivity contribution >= 4 is 27.3 Å². The van der Waals surface area contributed by atoms with Crippen LogP contribution in [0.15, 0.2) is 23.1 Å². The van der Waals surface area contributed by atoms with Crippen molar-refractivity contribution < 1.29 is 13.2 Å². The van der Waals surface area contributed by atoms with E-state index in [0.29, 0.717) is 23.9 Å². The molecule has 1 aliphatic rings. The molecule has 0 aliphatic carbocycles. The lowest BCUT2D eigenvalue weighted by molar-refractivity contribution is 0.195. The van der Waals surface area contributed by atoms with E-state index in [-0.39, 0.29) is 10.9 Å². The first kappa shape index (κ1) is 13.6. The lowest BCUT2D eigenvalue weighted by Gasteiger charge is -2.17. The van der Waals surface area contributed by atoms with Crippen molar-refractivity contribution in [3.63, 3.8) is 0 Å². The van der Waals surface area contributed by atoms with Gasteiger partial charge in [0.15, 0.2) is 0 Å². The van der Waals surface area contributed by atoms with Crippen LogP contribution in [0.1, 0.15) is 6.42 Å². The standard InChI is InChI=1S/C11H15ClN2O3S/c1-13-18(15,16)10-4-2-3-9(12)11(10)14-8-5-6-17-7-8/h2-4,8,13-14H,5-7H2,1H3/t8-/m1/s1. The normalized spacial score (nSPS) is 20.0. The van der Waals surface area contributed by atoms with E-state index in [9.17, 15) is 8.42 Å². The molecule has 1 fully saturated rings. The van der Waals surface area contributed by atoms with E-state index in [4.69, 9.17) is 16.3 Å². The first-order chi connectivity index (χ1) is 8.54. The minimum Gasteiger partial charge on any atom is -0.379 e. The Kier molecular flexibility index (Phi) is 4.11. The Morgan fingerprint density at radius 1 is 1.44 bits per heavy atom. The van der Waals surface area contributed by atoms with Gasteiger partial charge in [0.25, 0.3) is 0 Å². The molecule has 2 N–H and O–H groups in total. The molecule has 5 nitrogen and oxygen atoms in total. The zero-order valence-electron chi connectivity index (χ0n) is 9.94. The van der Waals surface area contributed by atoms with E-state index in [1.165, 1.54) is 13.1 Å². The highest BCUT2D eigenvalue weighted by Gasteiger charge is 2.22. The van der Waals surface area contributed by atoms with Gasteiger partial charge < -0.3 is 10.1 Å². The van der Waals surface area contributed by atoms with Crippen LogP contribution in [0.5, 0.6) is 0 Å². The Morgan fingerprint density at radius 3 is 2.83 bits per heavy atom. The van der Waals surface area contributed by atoms with Crippen LogP contribution >= 0.6 is 11.6 Å². The number of hydrogen-bond acceptors (Lipinski definition) is 4. The molecule has 7 heteroatoms. The first-order valence-electron chi connectivity index (χ1n) is 5.61. The topological polar surface area (TPSA) is 67.4 Å². The van der Waals surface area contributed by atoms with Gasteiger partial charge in [-0.2, -0.15) is 0 Å². The van der Waals surface area contributed by atoms with Gasteiger partial charge in [0.1, 0.15) is 4.90 Å². The third kappa shape index (κ3) is 2.77. The molecule has 1 saturated heterocycles. The van der Waals surface area contributed by atoms with Gasteiger partial charge >= 0.3 is 0 Å². The molecule has 0 amide bonds. The van der Waals surface area contributed by atoms with Crippen LogP contribution < -0.4 is 10.0 Å². The summed E-state index contributed by atoms with van der Waals surface area (Å²) in [6, 6.07) is 4.89. The predicted octanol–water partition coefficient (Wildman–Crippen LogP) is 1.45. The molecular formula is C11H15ClN2O3S. The molecule has 1 aromatic rings. The van der Waals surface area contributed by atoms with Gasteiger partial charge in [0, 0.05) is 6.61 Å². The van der Waals surface area contributed by atoms with Crippen LogP contribution in [-0.4, -0.2) is 34.7 Å². The minimum atomic E-state index is -3.53. The van der Waals surface area contributed by atoms with Crippen molar-refractivity contribution in [3.8, 4) is 0 Å². The van der Waals surface area contributed by atoms with Crippen LogP contribution in [-0.2, 0) is 14.8 Å². The monoisotopic (exact) mass is 290 g/mol. The fraction of sp³-hybridized carbons (Fsp3) is 0.455. The summed E-state index contributed by atoms with van der Waals surface area (Å²) >= 11 is 6.08. The second kappa shape index (κ2) is 5.44. The van der Waals surface area contributed by atoms with Crippen molar-refractivity contribution in [2.75, 3.05) is 25.6 Å². The molecule has 1 atom stereocenters. The summed E-state index contributed by atoms with van der Waals surface area (Å²) in [7, 11) is -2.16. The number of anilines is 1. The number of ether oxygens (including phenoxy) is 1. The highest BCUT2D eigenvalue weighted by atomic mass is 35.5. The number of nitrogens with one attached hydrogen (secondary N) is 2. The third-order valence-electron chi connectivity index (χ3n) is 2.81. The van der Waals surface area contributed by atoms with E-state index in [0.717, 1.165) is 6.42 Å². The molecule has 0 saturated carbocycles. The summed E-state index contributed by atoms with van der Waals surface area (Å²) in [5, 5.41) is 3.53. The third-order valence-corrected chi connectivity index (χ3v) is 4.58. The quantitative estimate of drug-likeness (QED) is 0.881. The summed E-state index contributed by atoms with van der Waals surface area (Å²) in [5.74, 6) is 0. The van der Waals surface area contributed by atoms with Crippen molar-refractivity contribution in [1.82, 2.24) is 4.72 Å². The summed E-state index contributed by atoms with van der Waals surface area (Å²) in [6.07, 6.45) is 0.838. The summed E-state index contributed by atoms with van der Waals surface area (Å²) in [5.41, 5.74) is 0.434. The number of sulfonamides is 1. The number of benzene rings is 1. The largest absolute Gasteiger partial charge is 0.379 e. The van der Waals surface area contributed by atoms with Crippen molar-refractivity contribution in [1.29, 1.82) is 0 Å². The molecule has 2 rings (SSSR count). The predicted molar refractivity (Wildman–Crippen MR) is 70.5 cm³/mol. The maximum atomic E-state index is 11.9. The Morgan fingerprint density at radius 2 is 2.22 bits per heavy atom. The molecule has 0 aromatic heterocycles. The van der Waals surface area contributed by atoms with Gasteiger partial charge in [-0.1, -0.05) is 17.7 Å². The summed E-state index contributed by atoms with van der Waals surface area (Å²) in [4.78, 5) is 0.157. The fourth-order valence-electron chi connectivity index (χ4n) is 1.83. The molecule has 0 radical (unpaired) electrons. The van der Waals surface area contributed by atoms with Gasteiger partial charge in [0.05, 0.1) is 23.4 Å². The number of hydrogen-bond donors (Lipinski definition) is 2. The fourth-order valence-corrected chi connectivity index (χ4v) is 3.03. The van der Waals surface area contributed by atoms with Gasteiger partial charge in [-0.25, -0.2) is 13.1 Å². The van der Waals surface area contributed by atoms with E-state index in [1.807, 2.05) is 0 Å². The summed E-state index contributed by atoms with van der Waals surface area (Å²) < 4.78 is 31.4. The number of para-hydroxylation sites is 1. The zero-order chi connectivity index (χ0) is 13.2. The zero-order valence-corrected chi connectivity index (χ0v) is 11.5. The molecule has 0 spiro atoms. The van der Waals surface area contributed by atoms with E-state index >= 15 is 0 Å². The molecule has 1 aliphatic heterocycles. The molecule has 100 valence electrons. The number of rotatable bonds is 4. The molecule has 0 bridgehead atoms. The maximum Gasteiger partial charge on any atom is 0.242 e. The molecule has 1 aromatic carbocycles. The van der Waals surface area contributed by atoms with Crippen molar-refractivity contribution in [2.24, 2.45) is 0 Å². The van der Waals surface area contributed by atoms with Crippen molar-refractivity contribution in [2.45, 2.75) is 17.4 Å². The highest BCUT2D eigenvalue weighted by molar-refractivity contribution is 7.89. The van der Waals surface area contributed by atoms with Gasteiger partial charge in [-0.05, 0) is 25.6 Å². The van der Waals surface area contributed by atoms with Crippen LogP contribution in [0.25, 0.3) is 0 Å². The Bertz CT molecular complexity index is 527. The van der Waals surface area contributed by atoms with E-state index < -0.39 is 10.0 Å². The highest BCUT2D eigenvalue weighted by Crippen LogP contribution is 2.30. The molecule has 0 unspecified atom stereocenters. The minimum absolute atomic E-state index is 0.0932. The Labute approximate surface area is 112 Å². The lowest BCUT2D eigenvalue weighted by Crippen LogP contribution is -2.24. The van der Waals surface area contributed by atoms with E-state index in [1.54, 1.807) is 12.1 Å². The lowest BCUT2D eigenvalue weighted by atomic mass is 10.2. The average molecular weight is 291 g/mol. The molecular weight excluding hydrogens is 276 g/mol. The second-order valence-electron chi connectivity index (χ2n) is 4.03. The molecule has 18 heavy (non-hydrogen) atoms. The van der Waals surface area contributed by atoms with Crippen molar-refractivity contribution in [3.05, 3.63) is 23.2 Å². The van der Waals surface area contributed by atoms with Gasteiger partial charge in [-0.15, -0.1) is 0 Å². The molecule has 1 heterocycles. The van der Waals surface area contributed by atoms with E-state index in [2.05, 4.69) is 10.0 Å². The average Bonchev–Trinajstić information content (AvgIpc) is 2.84. The SMILES string of the molecule is CNS(=O)(=O)c1cccc(Cl)c1N[C@@H]1CCOC1.